The number of hydrogen-bond acceptors (Lipinski definition) is 11. The lowest BCUT2D eigenvalue weighted by molar-refractivity contribution is 0.126. The van der Waals surface area contributed by atoms with E-state index in [9.17, 15) is 5.11 Å². The lowest BCUT2D eigenvalue weighted by atomic mass is 9.83. The molecule has 1 atom stereocenters. The first-order chi connectivity index (χ1) is 20.5. The van der Waals surface area contributed by atoms with E-state index in [1.54, 1.807) is 63.4 Å². The van der Waals surface area contributed by atoms with E-state index in [0.29, 0.717) is 51.7 Å². The van der Waals surface area contributed by atoms with Crippen molar-refractivity contribution in [2.24, 2.45) is 5.16 Å². The molecule has 1 N–H and O–H groups in total. The Balaban J connectivity index is 1.34. The van der Waals surface area contributed by atoms with Gasteiger partial charge in [-0.2, -0.15) is 0 Å². The molecule has 0 unspecified atom stereocenters. The van der Waals surface area contributed by atoms with Crippen molar-refractivity contribution in [3.05, 3.63) is 89.0 Å². The number of phenolic OH excluding ortho intramolecular Hbond substituents is 1. The Kier molecular flexibility index (Phi) is 7.09. The van der Waals surface area contributed by atoms with E-state index in [2.05, 4.69) is 15.2 Å². The van der Waals surface area contributed by atoms with Crippen molar-refractivity contribution in [3.8, 4) is 40.4 Å². The third-order valence-electron chi connectivity index (χ3n) is 6.85. The number of fused-ring (bicyclic) bond motifs is 4. The monoisotopic (exact) mass is 569 g/mol. The van der Waals surface area contributed by atoms with Gasteiger partial charge in [-0.05, 0) is 42.0 Å². The molecule has 5 aromatic rings. The van der Waals surface area contributed by atoms with Crippen molar-refractivity contribution in [3.63, 3.8) is 0 Å². The number of rotatable bonds is 9. The Morgan fingerprint density at radius 1 is 0.905 bits per heavy atom. The van der Waals surface area contributed by atoms with Crippen molar-refractivity contribution >= 4 is 11.9 Å². The van der Waals surface area contributed by atoms with Gasteiger partial charge in [-0.25, -0.2) is 14.5 Å². The predicted octanol–water partition coefficient (Wildman–Crippen LogP) is 4.70. The molecule has 214 valence electrons. The summed E-state index contributed by atoms with van der Waals surface area (Å²) < 4.78 is 29.3. The topological polar surface area (TPSA) is 131 Å². The Bertz CT molecular complexity index is 1800. The minimum Gasteiger partial charge on any atom is -0.508 e. The Morgan fingerprint density at radius 2 is 1.64 bits per heavy atom. The molecule has 0 saturated carbocycles. The first-order valence-electron chi connectivity index (χ1n) is 12.9. The molecule has 2 aromatic heterocycles. The number of oxime groups is 1. The lowest BCUT2D eigenvalue weighted by Gasteiger charge is -2.28. The van der Waals surface area contributed by atoms with Gasteiger partial charge in [0.25, 0.3) is 0 Å². The average Bonchev–Trinajstić information content (AvgIpc) is 3.44. The number of phenols is 1. The number of nitrogens with zero attached hydrogens (tertiary/aromatic N) is 5. The van der Waals surface area contributed by atoms with Crippen LogP contribution < -0.4 is 23.7 Å². The summed E-state index contributed by atoms with van der Waals surface area (Å²) in [5, 5.41) is 18.7. The molecule has 3 aromatic carbocycles. The van der Waals surface area contributed by atoms with Gasteiger partial charge < -0.3 is 33.6 Å². The number of benzene rings is 3. The van der Waals surface area contributed by atoms with Crippen molar-refractivity contribution in [1.82, 2.24) is 19.6 Å². The SMILES string of the molecule is COc1ccc(/C=N\OCc2nc3c4c(ncn3n2)Oc2cc(O)ccc2[C@@H]4c2ccc(OC)c(OC)c2)cc1OC. The Hall–Kier alpha value is -5.52. The summed E-state index contributed by atoms with van der Waals surface area (Å²) in [5.74, 6) is 3.36. The van der Waals surface area contributed by atoms with Gasteiger partial charge in [0.05, 0.1) is 40.2 Å². The van der Waals surface area contributed by atoms with Gasteiger partial charge in [-0.15, -0.1) is 5.10 Å². The van der Waals surface area contributed by atoms with Gasteiger partial charge in [0.1, 0.15) is 17.8 Å². The highest BCUT2D eigenvalue weighted by molar-refractivity contribution is 5.80. The highest BCUT2D eigenvalue weighted by Gasteiger charge is 2.34. The van der Waals surface area contributed by atoms with Crippen LogP contribution in [0.2, 0.25) is 0 Å². The molecule has 0 spiro atoms. The number of aromatic hydroxyl groups is 1. The van der Waals surface area contributed by atoms with E-state index in [4.69, 9.17) is 33.5 Å². The average molecular weight is 570 g/mol. The second-order valence-electron chi connectivity index (χ2n) is 9.25. The first-order valence-corrected chi connectivity index (χ1v) is 12.9. The predicted molar refractivity (Wildman–Crippen MR) is 151 cm³/mol. The van der Waals surface area contributed by atoms with Gasteiger partial charge in [0, 0.05) is 23.1 Å². The lowest BCUT2D eigenvalue weighted by Crippen LogP contribution is -2.15. The normalized spacial score (nSPS) is 13.8. The van der Waals surface area contributed by atoms with Gasteiger partial charge >= 0.3 is 0 Å². The second kappa shape index (κ2) is 11.2. The van der Waals surface area contributed by atoms with Crippen LogP contribution in [0.25, 0.3) is 5.65 Å². The van der Waals surface area contributed by atoms with Crippen molar-refractivity contribution < 1.29 is 33.6 Å². The molecule has 0 fully saturated rings. The number of hydrogen-bond donors (Lipinski definition) is 1. The molecule has 0 aliphatic carbocycles. The van der Waals surface area contributed by atoms with Crippen LogP contribution in [0.5, 0.6) is 40.4 Å². The molecule has 12 nitrogen and oxygen atoms in total. The van der Waals surface area contributed by atoms with E-state index < -0.39 is 0 Å². The summed E-state index contributed by atoms with van der Waals surface area (Å²) in [6.45, 7) is 0.0204. The zero-order valence-electron chi connectivity index (χ0n) is 23.3. The highest BCUT2D eigenvalue weighted by atomic mass is 16.6. The number of aromatic nitrogens is 4. The van der Waals surface area contributed by atoms with Crippen LogP contribution in [0.15, 0.2) is 66.1 Å². The largest absolute Gasteiger partial charge is 0.508 e. The molecule has 12 heteroatoms. The van der Waals surface area contributed by atoms with E-state index in [0.717, 1.165) is 16.7 Å². The molecule has 0 saturated heterocycles. The van der Waals surface area contributed by atoms with Gasteiger partial charge in [0.15, 0.2) is 41.1 Å². The second-order valence-corrected chi connectivity index (χ2v) is 9.25. The summed E-state index contributed by atoms with van der Waals surface area (Å²) >= 11 is 0. The van der Waals surface area contributed by atoms with Crippen LogP contribution in [-0.2, 0) is 11.4 Å². The van der Waals surface area contributed by atoms with Crippen LogP contribution in [0.4, 0.5) is 0 Å². The third-order valence-corrected chi connectivity index (χ3v) is 6.85. The molecule has 1 aliphatic rings. The van der Waals surface area contributed by atoms with Gasteiger partial charge in [-0.3, -0.25) is 0 Å². The van der Waals surface area contributed by atoms with Crippen LogP contribution in [0, 0.1) is 0 Å². The summed E-state index contributed by atoms with van der Waals surface area (Å²) in [6, 6.07) is 16.1. The summed E-state index contributed by atoms with van der Waals surface area (Å²) in [4.78, 5) is 14.8. The van der Waals surface area contributed by atoms with Crippen LogP contribution in [0.3, 0.4) is 0 Å². The Morgan fingerprint density at radius 3 is 2.40 bits per heavy atom. The minimum absolute atomic E-state index is 0.0204. The number of ether oxygens (including phenoxy) is 5. The number of methoxy groups -OCH3 is 4. The minimum atomic E-state index is -0.360. The van der Waals surface area contributed by atoms with Crippen molar-refractivity contribution in [2.45, 2.75) is 12.5 Å². The molecular formula is C30H27N5O7. The van der Waals surface area contributed by atoms with Crippen LogP contribution in [0.1, 0.15) is 34.0 Å². The summed E-state index contributed by atoms with van der Waals surface area (Å²) in [5.41, 5.74) is 3.73. The third kappa shape index (κ3) is 4.83. The quantitative estimate of drug-likeness (QED) is 0.193. The fraction of sp³-hybridized carbons (Fsp3) is 0.200. The van der Waals surface area contributed by atoms with Crippen molar-refractivity contribution in [2.75, 3.05) is 28.4 Å². The van der Waals surface area contributed by atoms with E-state index >= 15 is 0 Å². The highest BCUT2D eigenvalue weighted by Crippen LogP contribution is 2.49. The fourth-order valence-electron chi connectivity index (χ4n) is 4.91. The molecule has 1 aliphatic heterocycles. The standard InChI is InChI=1S/C30H27N5O7/c1-37-21-9-5-17(11-24(21)39-3)14-32-41-15-26-33-29-28-27(18-6-10-22(38-2)25(12-18)40-4)20-8-7-19(36)13-23(20)42-30(28)31-16-35(29)34-26/h5-14,16,27,36H,15H2,1-4H3/b32-14-/t27-/m0/s1. The maximum Gasteiger partial charge on any atom is 0.228 e. The fourth-order valence-corrected chi connectivity index (χ4v) is 4.91. The molecule has 3 heterocycles. The summed E-state index contributed by atoms with van der Waals surface area (Å²) in [7, 11) is 6.32. The molecule has 0 radical (unpaired) electrons. The van der Waals surface area contributed by atoms with E-state index in [1.165, 1.54) is 6.33 Å². The van der Waals surface area contributed by atoms with E-state index in [1.807, 2.05) is 30.3 Å². The maximum absolute atomic E-state index is 10.1. The zero-order chi connectivity index (χ0) is 29.2. The molecule has 0 amide bonds. The summed E-state index contributed by atoms with van der Waals surface area (Å²) in [6.07, 6.45) is 3.09. The Labute approximate surface area is 240 Å². The zero-order valence-corrected chi connectivity index (χ0v) is 23.3. The molecule has 42 heavy (non-hydrogen) atoms. The first kappa shape index (κ1) is 26.7. The van der Waals surface area contributed by atoms with Crippen LogP contribution >= 0.6 is 0 Å². The molecule has 0 bridgehead atoms. The smallest absolute Gasteiger partial charge is 0.228 e. The maximum atomic E-state index is 10.1. The molecular weight excluding hydrogens is 542 g/mol. The van der Waals surface area contributed by atoms with Crippen LogP contribution in [-0.4, -0.2) is 59.3 Å². The van der Waals surface area contributed by atoms with E-state index in [-0.39, 0.29) is 18.3 Å². The molecule has 6 rings (SSSR count). The van der Waals surface area contributed by atoms with Gasteiger partial charge in [-0.1, -0.05) is 17.3 Å². The van der Waals surface area contributed by atoms with Crippen molar-refractivity contribution in [1.29, 1.82) is 0 Å². The van der Waals surface area contributed by atoms with Gasteiger partial charge in [0.2, 0.25) is 5.88 Å².